The lowest BCUT2D eigenvalue weighted by molar-refractivity contribution is -0.146. The van der Waals surface area contributed by atoms with Crippen LogP contribution in [0.4, 0.5) is 0 Å². The van der Waals surface area contributed by atoms with Gasteiger partial charge in [-0.3, -0.25) is 4.79 Å². The van der Waals surface area contributed by atoms with Crippen molar-refractivity contribution in [3.63, 3.8) is 0 Å². The highest BCUT2D eigenvalue weighted by Crippen LogP contribution is 2.17. The lowest BCUT2D eigenvalue weighted by Crippen LogP contribution is -2.27. The van der Waals surface area contributed by atoms with Crippen LogP contribution in [0.15, 0.2) is 0 Å². The Morgan fingerprint density at radius 3 is 1.26 bits per heavy atom. The minimum atomic E-state index is -0.864. The molecule has 0 aliphatic rings. The van der Waals surface area contributed by atoms with Crippen molar-refractivity contribution in [2.24, 2.45) is 5.92 Å². The van der Waals surface area contributed by atoms with E-state index in [1.807, 2.05) is 6.92 Å². The van der Waals surface area contributed by atoms with Crippen LogP contribution in [0.5, 0.6) is 0 Å². The molecule has 0 radical (unpaired) electrons. The zero-order valence-electron chi connectivity index (χ0n) is 18.4. The van der Waals surface area contributed by atoms with Crippen LogP contribution < -0.4 is 0 Å². The Balaban J connectivity index is 3.22. The molecule has 0 aromatic rings. The number of hydrogen-bond donors (Lipinski definition) is 2. The molecule has 0 fully saturated rings. The van der Waals surface area contributed by atoms with Gasteiger partial charge in [0.25, 0.3) is 0 Å². The van der Waals surface area contributed by atoms with Gasteiger partial charge < -0.3 is 10.2 Å². The van der Waals surface area contributed by atoms with E-state index in [1.54, 1.807) is 0 Å². The maximum absolute atomic E-state index is 11.0. The van der Waals surface area contributed by atoms with E-state index in [4.69, 9.17) is 5.11 Å². The fraction of sp³-hybridized carbons (Fsp3) is 0.958. The zero-order valence-corrected chi connectivity index (χ0v) is 18.4. The topological polar surface area (TPSA) is 57.5 Å². The predicted octanol–water partition coefficient (Wildman–Crippen LogP) is 7.50. The quantitative estimate of drug-likeness (QED) is 0.201. The number of unbranched alkanes of at least 4 members (excludes halogenated alkanes) is 16. The van der Waals surface area contributed by atoms with E-state index in [9.17, 15) is 9.90 Å². The molecule has 2 unspecified atom stereocenters. The van der Waals surface area contributed by atoms with Crippen LogP contribution in [-0.4, -0.2) is 22.3 Å². The molecule has 0 rings (SSSR count). The summed E-state index contributed by atoms with van der Waals surface area (Å²) in [5, 5.41) is 19.0. The van der Waals surface area contributed by atoms with Gasteiger partial charge in [-0.05, 0) is 12.8 Å². The van der Waals surface area contributed by atoms with Crippen LogP contribution in [0.1, 0.15) is 136 Å². The molecule has 2 N–H and O–H groups in total. The van der Waals surface area contributed by atoms with E-state index in [0.717, 1.165) is 12.8 Å². The first-order chi connectivity index (χ1) is 13.1. The molecule has 0 bridgehead atoms. The lowest BCUT2D eigenvalue weighted by atomic mass is 9.95. The highest BCUT2D eigenvalue weighted by atomic mass is 16.4. The second-order valence-electron chi connectivity index (χ2n) is 8.37. The summed E-state index contributed by atoms with van der Waals surface area (Å²) in [5.74, 6) is -1.46. The third kappa shape index (κ3) is 17.3. The Hall–Kier alpha value is -0.570. The second-order valence-corrected chi connectivity index (χ2v) is 8.37. The van der Waals surface area contributed by atoms with Crippen molar-refractivity contribution in [3.8, 4) is 0 Å². The van der Waals surface area contributed by atoms with Crippen LogP contribution in [0, 0.1) is 5.92 Å². The molecule has 2 atom stereocenters. The van der Waals surface area contributed by atoms with Crippen molar-refractivity contribution >= 4 is 5.97 Å². The number of aliphatic hydroxyl groups is 1. The van der Waals surface area contributed by atoms with Gasteiger partial charge in [0.15, 0.2) is 0 Å². The maximum Gasteiger partial charge on any atom is 0.309 e. The molecule has 162 valence electrons. The highest BCUT2D eigenvalue weighted by molar-refractivity contribution is 5.70. The molecule has 0 aliphatic heterocycles. The summed E-state index contributed by atoms with van der Waals surface area (Å²) in [5.41, 5.74) is 0. The predicted molar refractivity (Wildman–Crippen MR) is 116 cm³/mol. The molecule has 3 heteroatoms. The Kier molecular flexibility index (Phi) is 19.7. The monoisotopic (exact) mass is 384 g/mol. The number of rotatable bonds is 21. The van der Waals surface area contributed by atoms with Crippen molar-refractivity contribution in [1.29, 1.82) is 0 Å². The van der Waals surface area contributed by atoms with E-state index < -0.39 is 18.0 Å². The molecule has 0 spiro atoms. The van der Waals surface area contributed by atoms with Crippen molar-refractivity contribution in [2.45, 2.75) is 142 Å². The summed E-state index contributed by atoms with van der Waals surface area (Å²) >= 11 is 0. The Morgan fingerprint density at radius 1 is 0.630 bits per heavy atom. The van der Waals surface area contributed by atoms with Crippen molar-refractivity contribution in [3.05, 3.63) is 0 Å². The average molecular weight is 385 g/mol. The van der Waals surface area contributed by atoms with Gasteiger partial charge in [0.2, 0.25) is 0 Å². The third-order valence-electron chi connectivity index (χ3n) is 5.82. The molecule has 0 heterocycles. The van der Waals surface area contributed by atoms with Crippen LogP contribution in [0.3, 0.4) is 0 Å². The van der Waals surface area contributed by atoms with Gasteiger partial charge in [0.1, 0.15) is 0 Å². The summed E-state index contributed by atoms with van der Waals surface area (Å²) in [6.07, 6.45) is 23.2. The molecule has 0 amide bonds. The van der Waals surface area contributed by atoms with Gasteiger partial charge in [-0.25, -0.2) is 0 Å². The number of aliphatic hydroxyl groups excluding tert-OH is 1. The first-order valence-corrected chi connectivity index (χ1v) is 12.0. The van der Waals surface area contributed by atoms with Gasteiger partial charge >= 0.3 is 5.97 Å². The van der Waals surface area contributed by atoms with E-state index in [2.05, 4.69) is 6.92 Å². The first kappa shape index (κ1) is 26.4. The minimum absolute atomic E-state index is 0.509. The lowest BCUT2D eigenvalue weighted by Gasteiger charge is -2.17. The number of carbonyl (C=O) groups is 1. The Bertz CT molecular complexity index is 317. The molecule has 0 saturated heterocycles. The number of hydrogen-bond acceptors (Lipinski definition) is 2. The SMILES string of the molecule is CCCCCCCCCCCCCCCCCCCC(O)C(CC)C(=O)O. The molecule has 0 aliphatic carbocycles. The Morgan fingerprint density at radius 2 is 0.963 bits per heavy atom. The van der Waals surface area contributed by atoms with Gasteiger partial charge in [0, 0.05) is 0 Å². The van der Waals surface area contributed by atoms with E-state index in [0.29, 0.717) is 12.8 Å². The second kappa shape index (κ2) is 20.2. The number of carboxylic acid groups (broad SMARTS) is 1. The molecule has 0 aromatic heterocycles. The molecular weight excluding hydrogens is 336 g/mol. The molecule has 3 nitrogen and oxygen atoms in total. The van der Waals surface area contributed by atoms with Crippen LogP contribution >= 0.6 is 0 Å². The average Bonchev–Trinajstić information content (AvgIpc) is 2.64. The molecule has 0 aromatic carbocycles. The Labute approximate surface area is 169 Å². The van der Waals surface area contributed by atoms with E-state index in [-0.39, 0.29) is 0 Å². The van der Waals surface area contributed by atoms with Gasteiger partial charge in [-0.1, -0.05) is 123 Å². The van der Waals surface area contributed by atoms with Crippen LogP contribution in [0.25, 0.3) is 0 Å². The summed E-state index contributed by atoms with van der Waals surface area (Å²) in [6, 6.07) is 0. The summed E-state index contributed by atoms with van der Waals surface area (Å²) < 4.78 is 0. The highest BCUT2D eigenvalue weighted by Gasteiger charge is 2.23. The maximum atomic E-state index is 11.0. The smallest absolute Gasteiger partial charge is 0.309 e. The van der Waals surface area contributed by atoms with Crippen molar-refractivity contribution in [1.82, 2.24) is 0 Å². The molecule has 0 saturated carbocycles. The third-order valence-corrected chi connectivity index (χ3v) is 5.82. The number of aliphatic carboxylic acids is 1. The zero-order chi connectivity index (χ0) is 20.2. The standard InChI is InChI=1S/C24H48O3/c1-3-5-6-7-8-9-10-11-12-13-14-15-16-17-18-19-20-21-23(25)22(4-2)24(26)27/h22-23,25H,3-21H2,1-2H3,(H,26,27). The summed E-state index contributed by atoms with van der Waals surface area (Å²) in [7, 11) is 0. The number of carboxylic acids is 1. The van der Waals surface area contributed by atoms with Crippen LogP contribution in [-0.2, 0) is 4.79 Å². The fourth-order valence-electron chi connectivity index (χ4n) is 3.89. The van der Waals surface area contributed by atoms with Crippen molar-refractivity contribution < 1.29 is 15.0 Å². The fourth-order valence-corrected chi connectivity index (χ4v) is 3.89. The van der Waals surface area contributed by atoms with E-state index >= 15 is 0 Å². The minimum Gasteiger partial charge on any atom is -0.481 e. The summed E-state index contributed by atoms with van der Waals surface area (Å²) in [6.45, 7) is 4.11. The van der Waals surface area contributed by atoms with Crippen molar-refractivity contribution in [2.75, 3.05) is 0 Å². The van der Waals surface area contributed by atoms with Gasteiger partial charge in [0.05, 0.1) is 12.0 Å². The molecular formula is C24H48O3. The summed E-state index contributed by atoms with van der Waals surface area (Å²) in [4.78, 5) is 11.0. The van der Waals surface area contributed by atoms with Gasteiger partial charge in [-0.15, -0.1) is 0 Å². The van der Waals surface area contributed by atoms with E-state index in [1.165, 1.54) is 96.3 Å². The van der Waals surface area contributed by atoms with Crippen LogP contribution in [0.2, 0.25) is 0 Å². The first-order valence-electron chi connectivity index (χ1n) is 12.0. The molecule has 27 heavy (non-hydrogen) atoms. The normalized spacial score (nSPS) is 13.6. The largest absolute Gasteiger partial charge is 0.481 e. The van der Waals surface area contributed by atoms with Gasteiger partial charge in [-0.2, -0.15) is 0 Å².